The van der Waals surface area contributed by atoms with Crippen molar-refractivity contribution in [3.63, 3.8) is 0 Å². The number of carbonyl (C=O) groups excluding carboxylic acids is 2. The Hall–Kier alpha value is -3.56. The molecule has 0 bridgehead atoms. The molecule has 0 amide bonds. The van der Waals surface area contributed by atoms with Crippen molar-refractivity contribution in [3.8, 4) is 11.5 Å². The standard InChI is InChI=1S/C20H24N2O8/c1-5-28-16-9-12(8-15(18(16)23)22(26)27)17-13(19(24)29-6-2)10-21(4)11-14(17)20(25)30-7-3/h8-11,17,23H,5-7H2,1-4H3. The number of hydrogen-bond donors (Lipinski definition) is 1. The lowest BCUT2D eigenvalue weighted by molar-refractivity contribution is -0.386. The number of nitro benzene ring substituents is 1. The number of nitro groups is 1. The molecular formula is C20H24N2O8. The van der Waals surface area contributed by atoms with Crippen LogP contribution >= 0.6 is 0 Å². The van der Waals surface area contributed by atoms with Gasteiger partial charge >= 0.3 is 17.6 Å². The number of benzene rings is 1. The summed E-state index contributed by atoms with van der Waals surface area (Å²) in [5, 5.41) is 21.7. The molecule has 1 aromatic carbocycles. The first-order chi connectivity index (χ1) is 14.2. The molecule has 1 aromatic rings. The van der Waals surface area contributed by atoms with Crippen LogP contribution in [0, 0.1) is 10.1 Å². The first-order valence-corrected chi connectivity index (χ1v) is 9.38. The van der Waals surface area contributed by atoms with Crippen LogP contribution in [0.25, 0.3) is 0 Å². The van der Waals surface area contributed by atoms with Gasteiger partial charge in [0.05, 0.1) is 41.8 Å². The molecule has 10 heteroatoms. The fraction of sp³-hybridized carbons (Fsp3) is 0.400. The van der Waals surface area contributed by atoms with Crippen LogP contribution in [0.1, 0.15) is 32.3 Å². The van der Waals surface area contributed by atoms with Crippen LogP contribution in [-0.2, 0) is 19.1 Å². The lowest BCUT2D eigenvalue weighted by Crippen LogP contribution is -2.28. The molecule has 0 fully saturated rings. The quantitative estimate of drug-likeness (QED) is 0.383. The predicted molar refractivity (Wildman–Crippen MR) is 106 cm³/mol. The molecule has 2 rings (SSSR count). The van der Waals surface area contributed by atoms with Crippen LogP contribution in [0.15, 0.2) is 35.7 Å². The molecular weight excluding hydrogens is 396 g/mol. The number of nitrogens with zero attached hydrogens (tertiary/aromatic N) is 2. The van der Waals surface area contributed by atoms with Gasteiger partial charge in [-0.1, -0.05) is 0 Å². The summed E-state index contributed by atoms with van der Waals surface area (Å²) in [5.74, 6) is -3.15. The van der Waals surface area contributed by atoms with E-state index >= 15 is 0 Å². The topological polar surface area (TPSA) is 128 Å². The van der Waals surface area contributed by atoms with E-state index in [-0.39, 0.29) is 42.3 Å². The molecule has 1 heterocycles. The van der Waals surface area contributed by atoms with Gasteiger partial charge in [-0.25, -0.2) is 9.59 Å². The van der Waals surface area contributed by atoms with Gasteiger partial charge in [-0.15, -0.1) is 0 Å². The second-order valence-corrected chi connectivity index (χ2v) is 6.29. The van der Waals surface area contributed by atoms with E-state index in [1.165, 1.54) is 23.4 Å². The van der Waals surface area contributed by atoms with Gasteiger partial charge < -0.3 is 24.2 Å². The Labute approximate surface area is 173 Å². The number of phenols is 1. The van der Waals surface area contributed by atoms with E-state index < -0.39 is 34.2 Å². The average Bonchev–Trinajstić information content (AvgIpc) is 2.69. The fourth-order valence-corrected chi connectivity index (χ4v) is 3.11. The van der Waals surface area contributed by atoms with E-state index in [0.29, 0.717) is 0 Å². The van der Waals surface area contributed by atoms with Crippen LogP contribution in [0.4, 0.5) is 5.69 Å². The Balaban J connectivity index is 2.73. The number of ether oxygens (including phenoxy) is 3. The predicted octanol–water partition coefficient (Wildman–Crippen LogP) is 2.62. The molecule has 0 atom stereocenters. The molecule has 0 saturated heterocycles. The molecule has 10 nitrogen and oxygen atoms in total. The van der Waals surface area contributed by atoms with Gasteiger partial charge in [0.25, 0.3) is 0 Å². The van der Waals surface area contributed by atoms with Crippen LogP contribution < -0.4 is 4.74 Å². The molecule has 0 unspecified atom stereocenters. The van der Waals surface area contributed by atoms with Crippen molar-refractivity contribution in [3.05, 3.63) is 51.4 Å². The van der Waals surface area contributed by atoms with Crippen molar-refractivity contribution < 1.29 is 33.8 Å². The van der Waals surface area contributed by atoms with Crippen molar-refractivity contribution >= 4 is 17.6 Å². The maximum atomic E-state index is 12.6. The smallest absolute Gasteiger partial charge is 0.336 e. The molecule has 0 aromatic heterocycles. The maximum Gasteiger partial charge on any atom is 0.336 e. The second-order valence-electron chi connectivity index (χ2n) is 6.29. The number of phenolic OH excluding ortho intramolecular Hbond substituents is 1. The summed E-state index contributed by atoms with van der Waals surface area (Å²) in [6.45, 7) is 5.28. The summed E-state index contributed by atoms with van der Waals surface area (Å²) in [7, 11) is 1.62. The van der Waals surface area contributed by atoms with Gasteiger partial charge in [-0.05, 0) is 32.4 Å². The Bertz CT molecular complexity index is 870. The Morgan fingerprint density at radius 3 is 2.03 bits per heavy atom. The van der Waals surface area contributed by atoms with Crippen molar-refractivity contribution in [1.29, 1.82) is 0 Å². The zero-order valence-electron chi connectivity index (χ0n) is 17.2. The highest BCUT2D eigenvalue weighted by atomic mass is 16.6. The molecule has 1 aliphatic heterocycles. The Kier molecular flexibility index (Phi) is 7.40. The minimum absolute atomic E-state index is 0.0901. The zero-order chi connectivity index (χ0) is 22.4. The van der Waals surface area contributed by atoms with Crippen LogP contribution in [0.2, 0.25) is 0 Å². The van der Waals surface area contributed by atoms with Gasteiger partial charge in [0.1, 0.15) is 0 Å². The monoisotopic (exact) mass is 420 g/mol. The lowest BCUT2D eigenvalue weighted by atomic mass is 9.83. The SMILES string of the molecule is CCOC(=O)C1=CN(C)C=C(C(=O)OCC)C1c1cc(OCC)c(O)c([N+](=O)[O-])c1. The second kappa shape index (κ2) is 9.77. The number of aromatic hydroxyl groups is 1. The van der Waals surface area contributed by atoms with Crippen molar-refractivity contribution in [2.24, 2.45) is 0 Å². The number of carbonyl (C=O) groups is 2. The van der Waals surface area contributed by atoms with E-state index in [9.17, 15) is 24.8 Å². The van der Waals surface area contributed by atoms with E-state index in [4.69, 9.17) is 14.2 Å². The van der Waals surface area contributed by atoms with Gasteiger partial charge in [0, 0.05) is 25.5 Å². The van der Waals surface area contributed by atoms with E-state index in [0.717, 1.165) is 6.07 Å². The largest absolute Gasteiger partial charge is 0.500 e. The highest BCUT2D eigenvalue weighted by Gasteiger charge is 2.37. The summed E-state index contributed by atoms with van der Waals surface area (Å²) in [6, 6.07) is 2.47. The third-order valence-corrected chi connectivity index (χ3v) is 4.24. The van der Waals surface area contributed by atoms with Crippen LogP contribution in [-0.4, -0.2) is 53.7 Å². The normalized spacial score (nSPS) is 13.9. The first-order valence-electron chi connectivity index (χ1n) is 9.38. The van der Waals surface area contributed by atoms with Crippen molar-refractivity contribution in [2.45, 2.75) is 26.7 Å². The molecule has 30 heavy (non-hydrogen) atoms. The first kappa shape index (κ1) is 22.7. The fourth-order valence-electron chi connectivity index (χ4n) is 3.11. The average molecular weight is 420 g/mol. The highest BCUT2D eigenvalue weighted by molar-refractivity contribution is 5.98. The summed E-state index contributed by atoms with van der Waals surface area (Å²) in [5.41, 5.74) is -0.226. The number of esters is 2. The van der Waals surface area contributed by atoms with Crippen LogP contribution in [0.5, 0.6) is 11.5 Å². The number of hydrogen-bond acceptors (Lipinski definition) is 9. The van der Waals surface area contributed by atoms with E-state index in [1.807, 2.05) is 0 Å². The maximum absolute atomic E-state index is 12.6. The molecule has 1 aliphatic rings. The highest BCUT2D eigenvalue weighted by Crippen LogP contribution is 2.44. The van der Waals surface area contributed by atoms with Crippen molar-refractivity contribution in [1.82, 2.24) is 4.90 Å². The molecule has 1 N–H and O–H groups in total. The summed E-state index contributed by atoms with van der Waals surface area (Å²) < 4.78 is 15.6. The summed E-state index contributed by atoms with van der Waals surface area (Å²) in [4.78, 5) is 37.5. The van der Waals surface area contributed by atoms with Gasteiger partial charge in [-0.2, -0.15) is 0 Å². The summed E-state index contributed by atoms with van der Waals surface area (Å²) in [6.07, 6.45) is 2.95. The molecule has 0 spiro atoms. The Morgan fingerprint density at radius 2 is 1.60 bits per heavy atom. The molecule has 0 saturated carbocycles. The van der Waals surface area contributed by atoms with Gasteiger partial charge in [0.15, 0.2) is 5.75 Å². The zero-order valence-corrected chi connectivity index (χ0v) is 17.2. The molecule has 0 radical (unpaired) electrons. The lowest BCUT2D eigenvalue weighted by Gasteiger charge is -2.28. The number of rotatable bonds is 8. The molecule has 0 aliphatic carbocycles. The third-order valence-electron chi connectivity index (χ3n) is 4.24. The Morgan fingerprint density at radius 1 is 1.07 bits per heavy atom. The van der Waals surface area contributed by atoms with Crippen LogP contribution in [0.3, 0.4) is 0 Å². The summed E-state index contributed by atoms with van der Waals surface area (Å²) >= 11 is 0. The van der Waals surface area contributed by atoms with Gasteiger partial charge in [0.2, 0.25) is 5.75 Å². The van der Waals surface area contributed by atoms with Gasteiger partial charge in [-0.3, -0.25) is 10.1 Å². The third kappa shape index (κ3) is 4.70. The minimum atomic E-state index is -1.02. The minimum Gasteiger partial charge on any atom is -0.500 e. The van der Waals surface area contributed by atoms with E-state index in [2.05, 4.69) is 0 Å². The van der Waals surface area contributed by atoms with E-state index in [1.54, 1.807) is 27.8 Å². The van der Waals surface area contributed by atoms with Crippen molar-refractivity contribution in [2.75, 3.05) is 26.9 Å². The molecule has 162 valence electrons.